The van der Waals surface area contributed by atoms with E-state index < -0.39 is 37.6 Å². The number of non-ortho nitro benzene ring substituents is 2. The Hall–Kier alpha value is -4.15. The third-order valence-corrected chi connectivity index (χ3v) is 4.02. The van der Waals surface area contributed by atoms with Gasteiger partial charge in [0.15, 0.2) is 5.78 Å². The fourth-order valence-corrected chi connectivity index (χ4v) is 2.95. The first kappa shape index (κ1) is 17.7. The van der Waals surface area contributed by atoms with Crippen molar-refractivity contribution in [2.45, 2.75) is 0 Å². The quantitative estimate of drug-likeness (QED) is 0.393. The normalized spacial score (nSPS) is 11.5. The lowest BCUT2D eigenvalue weighted by Gasteiger charge is -2.10. The van der Waals surface area contributed by atoms with E-state index in [0.29, 0.717) is 0 Å². The maximum absolute atomic E-state index is 12.7. The minimum absolute atomic E-state index is 0.101. The summed E-state index contributed by atoms with van der Waals surface area (Å²) in [7, 11) is 0. The van der Waals surface area contributed by atoms with E-state index in [1.807, 2.05) is 0 Å². The van der Waals surface area contributed by atoms with E-state index in [1.54, 1.807) is 0 Å². The van der Waals surface area contributed by atoms with Crippen LogP contribution in [0.25, 0.3) is 11.1 Å². The Morgan fingerprint density at radius 1 is 0.889 bits per heavy atom. The SMILES string of the molecule is C=CCNc1cc([N+](=O)[O-])cc2c1-c1c(cc([N+](=O)[O-])cc1[N+](=O)[O-])C2=O. The molecule has 0 heterocycles. The summed E-state index contributed by atoms with van der Waals surface area (Å²) in [6.45, 7) is 3.69. The first-order valence-corrected chi connectivity index (χ1v) is 7.45. The minimum atomic E-state index is -0.844. The molecule has 1 N–H and O–H groups in total. The van der Waals surface area contributed by atoms with Crippen LogP contribution in [-0.2, 0) is 0 Å². The molecule has 0 fully saturated rings. The molecule has 0 aliphatic heterocycles. The molecule has 0 bridgehead atoms. The summed E-state index contributed by atoms with van der Waals surface area (Å²) in [6, 6.07) is 3.86. The van der Waals surface area contributed by atoms with E-state index in [2.05, 4.69) is 11.9 Å². The Kier molecular flexibility index (Phi) is 4.12. The highest BCUT2D eigenvalue weighted by Crippen LogP contribution is 2.49. The average molecular weight is 370 g/mol. The highest BCUT2D eigenvalue weighted by atomic mass is 16.6. The van der Waals surface area contributed by atoms with Gasteiger partial charge in [0, 0.05) is 41.4 Å². The summed E-state index contributed by atoms with van der Waals surface area (Å²) in [5, 5.41) is 36.5. The zero-order chi connectivity index (χ0) is 19.9. The van der Waals surface area contributed by atoms with Crippen molar-refractivity contribution < 1.29 is 19.6 Å². The number of nitrogens with zero attached hydrogens (tertiary/aromatic N) is 3. The molecule has 1 aliphatic rings. The molecule has 0 amide bonds. The van der Waals surface area contributed by atoms with Gasteiger partial charge < -0.3 is 5.32 Å². The molecule has 3 rings (SSSR count). The fourth-order valence-electron chi connectivity index (χ4n) is 2.95. The predicted octanol–water partition coefficient (Wildman–Crippen LogP) is 3.22. The average Bonchev–Trinajstić information content (AvgIpc) is 2.91. The fraction of sp³-hybridized carbons (Fsp3) is 0.0625. The summed E-state index contributed by atoms with van der Waals surface area (Å²) >= 11 is 0. The summed E-state index contributed by atoms with van der Waals surface area (Å²) in [6.07, 6.45) is 1.47. The number of nitro benzene ring substituents is 3. The molecule has 11 nitrogen and oxygen atoms in total. The van der Waals surface area contributed by atoms with Crippen LogP contribution in [0.2, 0.25) is 0 Å². The van der Waals surface area contributed by atoms with Crippen LogP contribution < -0.4 is 5.32 Å². The standard InChI is InChI=1S/C16H10N4O7/c1-2-3-17-12-6-8(18(22)23)4-10-14(12)15-11(16(10)21)5-9(19(24)25)7-13(15)20(26)27/h2,4-7,17H,1,3H2. The lowest BCUT2D eigenvalue weighted by Crippen LogP contribution is -2.03. The molecule has 2 aromatic rings. The van der Waals surface area contributed by atoms with Crippen LogP contribution in [0.15, 0.2) is 36.9 Å². The number of rotatable bonds is 6. The molecule has 0 spiro atoms. The number of hydrogen-bond donors (Lipinski definition) is 1. The monoisotopic (exact) mass is 370 g/mol. The van der Waals surface area contributed by atoms with Crippen LogP contribution in [0.3, 0.4) is 0 Å². The van der Waals surface area contributed by atoms with Crippen LogP contribution in [0.4, 0.5) is 22.7 Å². The van der Waals surface area contributed by atoms with Gasteiger partial charge in [-0.05, 0) is 0 Å². The Labute approximate surface area is 150 Å². The molecular weight excluding hydrogens is 360 g/mol. The number of anilines is 1. The maximum atomic E-state index is 12.7. The van der Waals surface area contributed by atoms with E-state index in [0.717, 1.165) is 24.3 Å². The minimum Gasteiger partial charge on any atom is -0.381 e. The first-order chi connectivity index (χ1) is 12.8. The van der Waals surface area contributed by atoms with Gasteiger partial charge >= 0.3 is 0 Å². The molecule has 0 aromatic heterocycles. The van der Waals surface area contributed by atoms with E-state index in [9.17, 15) is 35.1 Å². The van der Waals surface area contributed by atoms with E-state index >= 15 is 0 Å². The number of carbonyl (C=O) groups is 1. The molecule has 1 aliphatic carbocycles. The molecule has 11 heteroatoms. The van der Waals surface area contributed by atoms with Crippen LogP contribution in [0.1, 0.15) is 15.9 Å². The largest absolute Gasteiger partial charge is 0.381 e. The third kappa shape index (κ3) is 2.76. The molecule has 136 valence electrons. The van der Waals surface area contributed by atoms with Gasteiger partial charge in [0.05, 0.1) is 32.1 Å². The van der Waals surface area contributed by atoms with Crippen molar-refractivity contribution in [1.82, 2.24) is 0 Å². The van der Waals surface area contributed by atoms with Crippen molar-refractivity contribution >= 4 is 28.5 Å². The maximum Gasteiger partial charge on any atom is 0.284 e. The van der Waals surface area contributed by atoms with Gasteiger partial charge in [0.1, 0.15) is 0 Å². The van der Waals surface area contributed by atoms with Gasteiger partial charge in [-0.2, -0.15) is 0 Å². The molecule has 0 atom stereocenters. The van der Waals surface area contributed by atoms with E-state index in [1.165, 1.54) is 6.08 Å². The van der Waals surface area contributed by atoms with E-state index in [4.69, 9.17) is 0 Å². The third-order valence-electron chi connectivity index (χ3n) is 4.02. The lowest BCUT2D eigenvalue weighted by atomic mass is 10.0. The molecule has 27 heavy (non-hydrogen) atoms. The molecule has 0 saturated heterocycles. The Bertz CT molecular complexity index is 1060. The van der Waals surface area contributed by atoms with Crippen LogP contribution >= 0.6 is 0 Å². The van der Waals surface area contributed by atoms with Gasteiger partial charge in [-0.25, -0.2) is 0 Å². The van der Waals surface area contributed by atoms with Crippen molar-refractivity contribution in [3.8, 4) is 11.1 Å². The number of hydrogen-bond acceptors (Lipinski definition) is 8. The van der Waals surface area contributed by atoms with Gasteiger partial charge in [-0.3, -0.25) is 35.1 Å². The lowest BCUT2D eigenvalue weighted by molar-refractivity contribution is -0.393. The van der Waals surface area contributed by atoms with Crippen LogP contribution in [0, 0.1) is 30.3 Å². The Balaban J connectivity index is 2.39. The van der Waals surface area contributed by atoms with Crippen molar-refractivity contribution in [1.29, 1.82) is 0 Å². The van der Waals surface area contributed by atoms with E-state index in [-0.39, 0.29) is 34.5 Å². The highest BCUT2D eigenvalue weighted by Gasteiger charge is 2.39. The summed E-state index contributed by atoms with van der Waals surface area (Å²) in [5.74, 6) is -0.753. The number of nitrogens with one attached hydrogen (secondary N) is 1. The van der Waals surface area contributed by atoms with Gasteiger partial charge in [0.25, 0.3) is 17.1 Å². The zero-order valence-electron chi connectivity index (χ0n) is 13.5. The number of benzene rings is 2. The number of ketones is 1. The smallest absolute Gasteiger partial charge is 0.284 e. The summed E-state index contributed by atoms with van der Waals surface area (Å²) < 4.78 is 0. The Morgan fingerprint density at radius 2 is 1.44 bits per heavy atom. The van der Waals surface area contributed by atoms with Crippen molar-refractivity contribution in [2.75, 3.05) is 11.9 Å². The summed E-state index contributed by atoms with van der Waals surface area (Å²) in [4.78, 5) is 44.1. The zero-order valence-corrected chi connectivity index (χ0v) is 13.5. The molecule has 2 aromatic carbocycles. The second kappa shape index (κ2) is 6.29. The summed E-state index contributed by atoms with van der Waals surface area (Å²) in [5.41, 5.74) is -1.88. The van der Waals surface area contributed by atoms with Crippen molar-refractivity contribution in [3.05, 3.63) is 78.4 Å². The number of fused-ring (bicyclic) bond motifs is 3. The molecule has 0 radical (unpaired) electrons. The molecule has 0 saturated carbocycles. The topological polar surface area (TPSA) is 159 Å². The highest BCUT2D eigenvalue weighted by molar-refractivity contribution is 6.25. The van der Waals surface area contributed by atoms with Gasteiger partial charge in [-0.1, -0.05) is 6.08 Å². The van der Waals surface area contributed by atoms with Crippen molar-refractivity contribution in [2.24, 2.45) is 0 Å². The van der Waals surface area contributed by atoms with Crippen molar-refractivity contribution in [3.63, 3.8) is 0 Å². The van der Waals surface area contributed by atoms with Crippen LogP contribution in [-0.4, -0.2) is 27.1 Å². The molecular formula is C16H10N4O7. The van der Waals surface area contributed by atoms with Gasteiger partial charge in [-0.15, -0.1) is 6.58 Å². The Morgan fingerprint density at radius 3 is 1.96 bits per heavy atom. The predicted molar refractivity (Wildman–Crippen MR) is 94.0 cm³/mol. The van der Waals surface area contributed by atoms with Crippen LogP contribution in [0.5, 0.6) is 0 Å². The second-order valence-corrected chi connectivity index (χ2v) is 5.57. The van der Waals surface area contributed by atoms with Gasteiger partial charge in [0.2, 0.25) is 0 Å². The number of nitro groups is 3. The first-order valence-electron chi connectivity index (χ1n) is 7.45. The molecule has 0 unspecified atom stereocenters. The number of carbonyl (C=O) groups excluding carboxylic acids is 1. The second-order valence-electron chi connectivity index (χ2n) is 5.57.